The molecule has 1 aromatic carbocycles. The Morgan fingerprint density at radius 1 is 1.26 bits per heavy atom. The quantitative estimate of drug-likeness (QED) is 0.909. The first-order valence-corrected chi connectivity index (χ1v) is 9.33. The van der Waals surface area contributed by atoms with Crippen LogP contribution in [0.5, 0.6) is 0 Å². The molecular formula is C19H24N2OS. The maximum Gasteiger partial charge on any atom is 0.251 e. The van der Waals surface area contributed by atoms with Gasteiger partial charge in [0.15, 0.2) is 0 Å². The van der Waals surface area contributed by atoms with Crippen molar-refractivity contribution in [3.63, 3.8) is 0 Å². The first-order valence-electron chi connectivity index (χ1n) is 8.51. The first-order chi connectivity index (χ1) is 10.9. The highest BCUT2D eigenvalue weighted by Crippen LogP contribution is 2.39. The average molecular weight is 328 g/mol. The lowest BCUT2D eigenvalue weighted by atomic mass is 9.72. The van der Waals surface area contributed by atoms with Gasteiger partial charge in [-0.15, -0.1) is 11.3 Å². The third-order valence-electron chi connectivity index (χ3n) is 5.78. The molecule has 1 amide bonds. The van der Waals surface area contributed by atoms with Gasteiger partial charge >= 0.3 is 0 Å². The van der Waals surface area contributed by atoms with Gasteiger partial charge in [0.1, 0.15) is 0 Å². The van der Waals surface area contributed by atoms with Crippen LogP contribution in [0.3, 0.4) is 0 Å². The van der Waals surface area contributed by atoms with Gasteiger partial charge in [0.05, 0.1) is 0 Å². The van der Waals surface area contributed by atoms with Crippen LogP contribution in [0.4, 0.5) is 0 Å². The maximum absolute atomic E-state index is 12.8. The van der Waals surface area contributed by atoms with E-state index in [9.17, 15) is 4.79 Å². The summed E-state index contributed by atoms with van der Waals surface area (Å²) in [5.41, 5.74) is 0.840. The van der Waals surface area contributed by atoms with E-state index >= 15 is 0 Å². The minimum absolute atomic E-state index is 0.0560. The minimum Gasteiger partial charge on any atom is -0.347 e. The molecule has 3 nitrogen and oxygen atoms in total. The molecule has 2 aromatic rings. The highest BCUT2D eigenvalue weighted by molar-refractivity contribution is 7.19. The zero-order valence-corrected chi connectivity index (χ0v) is 14.9. The molecule has 2 bridgehead atoms. The Morgan fingerprint density at radius 3 is 2.70 bits per heavy atom. The van der Waals surface area contributed by atoms with E-state index in [0.29, 0.717) is 5.92 Å². The number of nitrogens with zero attached hydrogens (tertiary/aromatic N) is 1. The summed E-state index contributed by atoms with van der Waals surface area (Å²) in [5, 5.41) is 4.58. The number of hydrogen-bond donors (Lipinski definition) is 1. The molecule has 1 atom stereocenters. The van der Waals surface area contributed by atoms with E-state index in [1.165, 1.54) is 40.9 Å². The molecule has 0 radical (unpaired) electrons. The Labute approximate surface area is 141 Å². The number of rotatable bonds is 2. The number of carbonyl (C=O) groups excluding carboxylic acids is 1. The lowest BCUT2D eigenvalue weighted by molar-refractivity contribution is -0.0378. The lowest BCUT2D eigenvalue weighted by Crippen LogP contribution is -2.69. The van der Waals surface area contributed by atoms with Crippen LogP contribution in [-0.2, 0) is 0 Å². The molecule has 3 aliphatic heterocycles. The second kappa shape index (κ2) is 5.32. The predicted octanol–water partition coefficient (Wildman–Crippen LogP) is 3.81. The van der Waals surface area contributed by atoms with Gasteiger partial charge in [0.25, 0.3) is 5.91 Å². The zero-order chi connectivity index (χ0) is 16.2. The molecule has 0 saturated carbocycles. The van der Waals surface area contributed by atoms with Crippen molar-refractivity contribution in [1.82, 2.24) is 10.2 Å². The molecule has 23 heavy (non-hydrogen) atoms. The number of amides is 1. The molecule has 1 N–H and O–H groups in total. The van der Waals surface area contributed by atoms with Crippen LogP contribution in [0.25, 0.3) is 10.1 Å². The van der Waals surface area contributed by atoms with Crippen LogP contribution in [-0.4, -0.2) is 35.5 Å². The topological polar surface area (TPSA) is 32.3 Å². The minimum atomic E-state index is 0.0560. The lowest BCUT2D eigenvalue weighted by Gasteiger charge is -2.56. The van der Waals surface area contributed by atoms with Crippen LogP contribution in [0, 0.1) is 12.8 Å². The van der Waals surface area contributed by atoms with Gasteiger partial charge < -0.3 is 5.32 Å². The normalized spacial score (nSPS) is 28.9. The maximum atomic E-state index is 12.8. The Morgan fingerprint density at radius 2 is 2.00 bits per heavy atom. The second-order valence-electron chi connectivity index (χ2n) is 7.54. The Balaban J connectivity index is 1.58. The van der Waals surface area contributed by atoms with Gasteiger partial charge in [-0.05, 0) is 76.2 Å². The summed E-state index contributed by atoms with van der Waals surface area (Å²) in [6.07, 6.45) is 2.41. The van der Waals surface area contributed by atoms with Gasteiger partial charge in [-0.2, -0.15) is 0 Å². The van der Waals surface area contributed by atoms with Crippen LogP contribution in [0.15, 0.2) is 24.3 Å². The summed E-state index contributed by atoms with van der Waals surface area (Å²) >= 11 is 1.75. The standard InChI is InChI=1S/C19H24N2OS/c1-12-10-14-4-5-15(11-16(14)23-12)18(22)20-17-13-6-8-21(9-7-13)19(17,2)3/h4-5,10-11,13,17H,6-9H2,1-3H3,(H,20,22). The van der Waals surface area contributed by atoms with E-state index in [2.05, 4.69) is 43.1 Å². The van der Waals surface area contributed by atoms with Crippen LogP contribution < -0.4 is 5.32 Å². The van der Waals surface area contributed by atoms with E-state index in [1.54, 1.807) is 11.3 Å². The van der Waals surface area contributed by atoms with Gasteiger partial charge in [-0.1, -0.05) is 6.07 Å². The molecule has 3 fully saturated rings. The van der Waals surface area contributed by atoms with Crippen molar-refractivity contribution in [2.45, 2.75) is 45.2 Å². The fourth-order valence-electron chi connectivity index (χ4n) is 4.41. The van der Waals surface area contributed by atoms with E-state index in [4.69, 9.17) is 0 Å². The molecule has 3 saturated heterocycles. The molecule has 4 heterocycles. The fraction of sp³-hybridized carbons (Fsp3) is 0.526. The molecule has 1 aromatic heterocycles. The Bertz CT molecular complexity index is 756. The van der Waals surface area contributed by atoms with Crippen molar-refractivity contribution < 1.29 is 4.79 Å². The van der Waals surface area contributed by atoms with Crippen molar-refractivity contribution in [3.05, 3.63) is 34.7 Å². The third kappa shape index (κ3) is 2.48. The Hall–Kier alpha value is -1.39. The molecule has 122 valence electrons. The predicted molar refractivity (Wildman–Crippen MR) is 96.2 cm³/mol. The largest absolute Gasteiger partial charge is 0.347 e. The summed E-state index contributed by atoms with van der Waals surface area (Å²) in [6.45, 7) is 9.00. The smallest absolute Gasteiger partial charge is 0.251 e. The number of piperidine rings is 3. The van der Waals surface area contributed by atoms with Crippen LogP contribution in [0.1, 0.15) is 41.9 Å². The van der Waals surface area contributed by atoms with Gasteiger partial charge in [0, 0.05) is 26.7 Å². The van der Waals surface area contributed by atoms with Crippen LogP contribution >= 0.6 is 11.3 Å². The molecule has 4 heteroatoms. The summed E-state index contributed by atoms with van der Waals surface area (Å²) < 4.78 is 1.20. The average Bonchev–Trinajstić information content (AvgIpc) is 2.90. The SMILES string of the molecule is Cc1cc2ccc(C(=O)NC3C4CCN(CC4)C3(C)C)cc2s1. The van der Waals surface area contributed by atoms with Crippen molar-refractivity contribution in [1.29, 1.82) is 0 Å². The number of nitrogens with one attached hydrogen (secondary N) is 1. The van der Waals surface area contributed by atoms with Gasteiger partial charge in [-0.25, -0.2) is 0 Å². The number of aryl methyl sites for hydroxylation is 1. The van der Waals surface area contributed by atoms with Gasteiger partial charge in [-0.3, -0.25) is 9.69 Å². The third-order valence-corrected chi connectivity index (χ3v) is 6.79. The molecule has 3 aliphatic rings. The summed E-state index contributed by atoms with van der Waals surface area (Å²) in [6, 6.07) is 8.49. The number of hydrogen-bond acceptors (Lipinski definition) is 3. The highest BCUT2D eigenvalue weighted by Gasteiger charge is 2.48. The highest BCUT2D eigenvalue weighted by atomic mass is 32.1. The van der Waals surface area contributed by atoms with Gasteiger partial charge in [0.2, 0.25) is 0 Å². The van der Waals surface area contributed by atoms with Crippen molar-refractivity contribution >= 4 is 27.3 Å². The summed E-state index contributed by atoms with van der Waals surface area (Å²) in [7, 11) is 0. The summed E-state index contributed by atoms with van der Waals surface area (Å²) in [4.78, 5) is 16.6. The zero-order valence-electron chi connectivity index (χ0n) is 14.1. The second-order valence-corrected chi connectivity index (χ2v) is 8.83. The van der Waals surface area contributed by atoms with E-state index in [0.717, 1.165) is 5.56 Å². The number of carbonyl (C=O) groups is 1. The molecule has 5 rings (SSSR count). The molecule has 0 spiro atoms. The number of thiophene rings is 1. The van der Waals surface area contributed by atoms with E-state index in [-0.39, 0.29) is 17.5 Å². The van der Waals surface area contributed by atoms with Crippen molar-refractivity contribution in [2.24, 2.45) is 5.92 Å². The number of benzene rings is 1. The van der Waals surface area contributed by atoms with E-state index < -0.39 is 0 Å². The summed E-state index contributed by atoms with van der Waals surface area (Å²) in [5.74, 6) is 0.691. The van der Waals surface area contributed by atoms with E-state index in [1.807, 2.05) is 12.1 Å². The molecule has 1 unspecified atom stereocenters. The van der Waals surface area contributed by atoms with Crippen molar-refractivity contribution in [3.8, 4) is 0 Å². The fourth-order valence-corrected chi connectivity index (χ4v) is 5.37. The monoisotopic (exact) mass is 328 g/mol. The van der Waals surface area contributed by atoms with Crippen molar-refractivity contribution in [2.75, 3.05) is 13.1 Å². The molecular weight excluding hydrogens is 304 g/mol. The van der Waals surface area contributed by atoms with Crippen LogP contribution in [0.2, 0.25) is 0 Å². The molecule has 0 aliphatic carbocycles. The number of fused-ring (bicyclic) bond motifs is 4. The Kier molecular flexibility index (Phi) is 3.50. The first kappa shape index (κ1) is 15.2.